The molecular formula is C15H21NO5S. The number of hydroxylamine groups is 1. The van der Waals surface area contributed by atoms with E-state index in [4.69, 9.17) is 14.2 Å². The number of carbonyl (C=O) groups is 1. The Morgan fingerprint density at radius 2 is 2.05 bits per heavy atom. The van der Waals surface area contributed by atoms with Gasteiger partial charge in [0, 0.05) is 17.7 Å². The molecular weight excluding hydrogens is 306 g/mol. The first-order valence-corrected chi connectivity index (χ1v) is 8.31. The summed E-state index contributed by atoms with van der Waals surface area (Å²) in [5, 5.41) is 11.8. The number of aryl methyl sites for hydroxylation is 1. The minimum Gasteiger partial charge on any atom is -0.465 e. The molecule has 3 rings (SSSR count). The molecule has 122 valence electrons. The van der Waals surface area contributed by atoms with Gasteiger partial charge in [-0.1, -0.05) is 0 Å². The van der Waals surface area contributed by atoms with Crippen LogP contribution in [-0.2, 0) is 14.2 Å². The summed E-state index contributed by atoms with van der Waals surface area (Å²) >= 11 is 1.33. The Morgan fingerprint density at radius 1 is 1.41 bits per heavy atom. The van der Waals surface area contributed by atoms with Crippen LogP contribution >= 0.6 is 11.3 Å². The molecule has 0 amide bonds. The number of thiophene rings is 1. The summed E-state index contributed by atoms with van der Waals surface area (Å²) in [4.78, 5) is 13.3. The van der Waals surface area contributed by atoms with Crippen molar-refractivity contribution in [1.29, 1.82) is 0 Å². The van der Waals surface area contributed by atoms with E-state index in [9.17, 15) is 10.0 Å². The zero-order valence-corrected chi connectivity index (χ0v) is 13.6. The number of esters is 1. The molecule has 1 aromatic rings. The van der Waals surface area contributed by atoms with Crippen LogP contribution in [0.25, 0.3) is 0 Å². The molecule has 0 atom stereocenters. The second-order valence-electron chi connectivity index (χ2n) is 5.75. The second-order valence-corrected chi connectivity index (χ2v) is 7.00. The second kappa shape index (κ2) is 6.16. The van der Waals surface area contributed by atoms with E-state index < -0.39 is 11.8 Å². The Kier molecular flexibility index (Phi) is 4.40. The van der Waals surface area contributed by atoms with Crippen molar-refractivity contribution in [2.75, 3.05) is 25.4 Å². The van der Waals surface area contributed by atoms with E-state index >= 15 is 0 Å². The molecule has 1 N–H and O–H groups in total. The predicted molar refractivity (Wildman–Crippen MR) is 81.6 cm³/mol. The van der Waals surface area contributed by atoms with E-state index in [2.05, 4.69) is 0 Å². The molecule has 0 bridgehead atoms. The van der Waals surface area contributed by atoms with Gasteiger partial charge in [0.15, 0.2) is 5.79 Å². The van der Waals surface area contributed by atoms with Crippen molar-refractivity contribution >= 4 is 23.0 Å². The first-order chi connectivity index (χ1) is 10.5. The van der Waals surface area contributed by atoms with Gasteiger partial charge in [-0.25, -0.2) is 4.79 Å². The third-order valence-electron chi connectivity index (χ3n) is 4.33. The number of ether oxygens (including phenoxy) is 3. The third kappa shape index (κ3) is 2.86. The van der Waals surface area contributed by atoms with Crippen LogP contribution in [0.15, 0.2) is 6.07 Å². The van der Waals surface area contributed by atoms with Crippen molar-refractivity contribution in [2.24, 2.45) is 0 Å². The lowest BCUT2D eigenvalue weighted by molar-refractivity contribution is -0.180. The van der Waals surface area contributed by atoms with Crippen molar-refractivity contribution in [3.05, 3.63) is 15.8 Å². The van der Waals surface area contributed by atoms with Gasteiger partial charge >= 0.3 is 5.97 Å². The summed E-state index contributed by atoms with van der Waals surface area (Å²) in [5.74, 6) is -0.866. The van der Waals surface area contributed by atoms with Gasteiger partial charge < -0.3 is 14.2 Å². The predicted octanol–water partition coefficient (Wildman–Crippen LogP) is 2.72. The van der Waals surface area contributed by atoms with Gasteiger partial charge in [-0.3, -0.25) is 10.3 Å². The molecule has 2 fully saturated rings. The molecule has 0 aromatic carbocycles. The lowest BCUT2D eigenvalue weighted by Gasteiger charge is -2.38. The minimum atomic E-state index is -0.451. The summed E-state index contributed by atoms with van der Waals surface area (Å²) < 4.78 is 16.2. The van der Waals surface area contributed by atoms with Gasteiger partial charge in [0.2, 0.25) is 0 Å². The minimum absolute atomic E-state index is 0.0455. The van der Waals surface area contributed by atoms with Gasteiger partial charge in [-0.15, -0.1) is 11.3 Å². The summed E-state index contributed by atoms with van der Waals surface area (Å²) in [7, 11) is 1.35. The fourth-order valence-corrected chi connectivity index (χ4v) is 4.10. The molecule has 1 aromatic heterocycles. The highest BCUT2D eigenvalue weighted by atomic mass is 32.1. The number of carbonyl (C=O) groups excluding carboxylic acids is 1. The maximum atomic E-state index is 11.8. The molecule has 7 heteroatoms. The summed E-state index contributed by atoms with van der Waals surface area (Å²) in [6.07, 6.45) is 3.02. The van der Waals surface area contributed by atoms with E-state index in [0.29, 0.717) is 23.8 Å². The number of rotatable bonds is 3. The Bertz CT molecular complexity index is 542. The van der Waals surface area contributed by atoms with E-state index in [1.54, 1.807) is 0 Å². The summed E-state index contributed by atoms with van der Waals surface area (Å²) in [6.45, 7) is 3.19. The smallest absolute Gasteiger partial charge is 0.350 e. The number of hydrogen-bond acceptors (Lipinski definition) is 7. The summed E-state index contributed by atoms with van der Waals surface area (Å²) in [6, 6.07) is 1.78. The van der Waals surface area contributed by atoms with Crippen LogP contribution in [0.5, 0.6) is 0 Å². The van der Waals surface area contributed by atoms with Crippen LogP contribution in [0.2, 0.25) is 0 Å². The third-order valence-corrected chi connectivity index (χ3v) is 5.35. The first kappa shape index (κ1) is 15.7. The molecule has 1 aliphatic heterocycles. The van der Waals surface area contributed by atoms with Crippen molar-refractivity contribution < 1.29 is 24.2 Å². The first-order valence-electron chi connectivity index (χ1n) is 7.49. The molecule has 1 aliphatic carbocycles. The maximum absolute atomic E-state index is 11.8. The SMILES string of the molecule is COC(=O)c1sc(C)cc1N(O)C1CCC2(CC1)OCCO2. The molecule has 6 nitrogen and oxygen atoms in total. The van der Waals surface area contributed by atoms with Crippen molar-refractivity contribution in [1.82, 2.24) is 0 Å². The lowest BCUT2D eigenvalue weighted by Crippen LogP contribution is -2.43. The zero-order valence-electron chi connectivity index (χ0n) is 12.8. The highest BCUT2D eigenvalue weighted by Gasteiger charge is 2.42. The van der Waals surface area contributed by atoms with Crippen LogP contribution in [0.1, 0.15) is 40.2 Å². The number of hydrogen-bond donors (Lipinski definition) is 1. The Hall–Kier alpha value is -1.15. The average molecular weight is 327 g/mol. The van der Waals surface area contributed by atoms with Gasteiger partial charge in [0.1, 0.15) is 4.88 Å². The van der Waals surface area contributed by atoms with Crippen molar-refractivity contribution in [2.45, 2.75) is 44.4 Å². The highest BCUT2D eigenvalue weighted by molar-refractivity contribution is 7.14. The molecule has 1 spiro atoms. The molecule has 1 saturated carbocycles. The van der Waals surface area contributed by atoms with Crippen molar-refractivity contribution in [3.63, 3.8) is 0 Å². The molecule has 0 unspecified atom stereocenters. The number of anilines is 1. The normalized spacial score (nSPS) is 21.2. The van der Waals surface area contributed by atoms with Gasteiger partial charge in [-0.2, -0.15) is 0 Å². The quantitative estimate of drug-likeness (QED) is 0.680. The fraction of sp³-hybridized carbons (Fsp3) is 0.667. The molecule has 22 heavy (non-hydrogen) atoms. The highest BCUT2D eigenvalue weighted by Crippen LogP contribution is 2.39. The average Bonchev–Trinajstić information content (AvgIpc) is 3.14. The van der Waals surface area contributed by atoms with Crippen molar-refractivity contribution in [3.8, 4) is 0 Å². The van der Waals surface area contributed by atoms with Gasteiger partial charge in [0.05, 0.1) is 32.1 Å². The maximum Gasteiger partial charge on any atom is 0.350 e. The Balaban J connectivity index is 1.72. The number of methoxy groups -OCH3 is 1. The molecule has 2 aliphatic rings. The zero-order chi connectivity index (χ0) is 15.7. The molecule has 0 radical (unpaired) electrons. The fourth-order valence-electron chi connectivity index (χ4n) is 3.18. The molecule has 2 heterocycles. The number of nitrogens with zero attached hydrogens (tertiary/aromatic N) is 1. The van der Waals surface area contributed by atoms with Crippen LogP contribution in [0.4, 0.5) is 5.69 Å². The van der Waals surface area contributed by atoms with Crippen LogP contribution in [0, 0.1) is 6.92 Å². The Morgan fingerprint density at radius 3 is 2.64 bits per heavy atom. The lowest BCUT2D eigenvalue weighted by atomic mass is 9.89. The molecule has 1 saturated heterocycles. The van der Waals surface area contributed by atoms with Crippen LogP contribution in [0.3, 0.4) is 0 Å². The van der Waals surface area contributed by atoms with E-state index in [0.717, 1.165) is 30.6 Å². The Labute approximate surface area is 133 Å². The van der Waals surface area contributed by atoms with Crippen LogP contribution in [-0.4, -0.2) is 43.3 Å². The largest absolute Gasteiger partial charge is 0.465 e. The van der Waals surface area contributed by atoms with Gasteiger partial charge in [0.25, 0.3) is 0 Å². The van der Waals surface area contributed by atoms with E-state index in [1.165, 1.54) is 23.5 Å². The standard InChI is InChI=1S/C15H21NO5S/c1-10-9-12(13(22-10)14(17)19-2)16(18)11-3-5-15(6-4-11)20-7-8-21-15/h9,11,18H,3-8H2,1-2H3. The monoisotopic (exact) mass is 327 g/mol. The van der Waals surface area contributed by atoms with E-state index in [1.807, 2.05) is 13.0 Å². The summed E-state index contributed by atoms with van der Waals surface area (Å²) in [5.41, 5.74) is 0.531. The van der Waals surface area contributed by atoms with Gasteiger partial charge in [-0.05, 0) is 25.8 Å². The van der Waals surface area contributed by atoms with Crippen LogP contribution < -0.4 is 5.06 Å². The topological polar surface area (TPSA) is 68.2 Å². The van der Waals surface area contributed by atoms with E-state index in [-0.39, 0.29) is 6.04 Å².